The molecule has 0 radical (unpaired) electrons. The zero-order valence-electron chi connectivity index (χ0n) is 14.4. The second-order valence-corrected chi connectivity index (χ2v) is 7.70. The number of benzene rings is 2. The summed E-state index contributed by atoms with van der Waals surface area (Å²) < 4.78 is 3.02. The Balaban J connectivity index is 1.50. The Labute approximate surface area is 156 Å². The maximum atomic E-state index is 4.32. The summed E-state index contributed by atoms with van der Waals surface area (Å²) in [6.45, 7) is 6.35. The van der Waals surface area contributed by atoms with Crippen LogP contribution in [0.5, 0.6) is 0 Å². The topological polar surface area (TPSA) is 37.2 Å². The van der Waals surface area contributed by atoms with Crippen LogP contribution in [0.25, 0.3) is 11.0 Å². The minimum atomic E-state index is 0.740. The van der Waals surface area contributed by atoms with Gasteiger partial charge in [-0.3, -0.25) is 4.90 Å². The molecule has 2 heterocycles. The Morgan fingerprint density at radius 3 is 2.52 bits per heavy atom. The van der Waals surface area contributed by atoms with Crippen molar-refractivity contribution in [1.29, 1.82) is 0 Å². The molecule has 0 N–H and O–H groups in total. The predicted octanol–water partition coefficient (Wildman–Crippen LogP) is 2.99. The molecule has 0 bridgehead atoms. The van der Waals surface area contributed by atoms with E-state index in [4.69, 9.17) is 0 Å². The number of fused-ring (bicyclic) bond motifs is 1. The second kappa shape index (κ2) is 7.23. The summed E-state index contributed by atoms with van der Waals surface area (Å²) in [5.74, 6) is 0. The monoisotopic (exact) mass is 399 g/mol. The number of hydrogen-bond donors (Lipinski definition) is 0. The van der Waals surface area contributed by atoms with Crippen molar-refractivity contribution in [3.8, 4) is 0 Å². The molecule has 4 rings (SSSR count). The fourth-order valence-electron chi connectivity index (χ4n) is 3.32. The van der Waals surface area contributed by atoms with E-state index in [0.29, 0.717) is 0 Å². The molecule has 130 valence electrons. The first-order chi connectivity index (χ1) is 12.2. The van der Waals surface area contributed by atoms with Crippen LogP contribution >= 0.6 is 15.9 Å². The smallest absolute Gasteiger partial charge is 0.113 e. The highest BCUT2D eigenvalue weighted by Crippen LogP contribution is 2.19. The van der Waals surface area contributed by atoms with Gasteiger partial charge in [-0.25, -0.2) is 4.68 Å². The number of piperazine rings is 1. The molecular weight excluding hydrogens is 378 g/mol. The van der Waals surface area contributed by atoms with Gasteiger partial charge in [0.25, 0.3) is 0 Å². The Morgan fingerprint density at radius 2 is 1.72 bits per heavy atom. The largest absolute Gasteiger partial charge is 0.304 e. The van der Waals surface area contributed by atoms with E-state index in [1.807, 2.05) is 16.8 Å². The number of nitrogens with zero attached hydrogens (tertiary/aromatic N) is 5. The van der Waals surface area contributed by atoms with Crippen LogP contribution in [0.3, 0.4) is 0 Å². The highest BCUT2D eigenvalue weighted by atomic mass is 79.9. The Bertz CT molecular complexity index is 867. The van der Waals surface area contributed by atoms with Gasteiger partial charge in [0.2, 0.25) is 0 Å². The van der Waals surface area contributed by atoms with Crippen molar-refractivity contribution in [2.75, 3.05) is 33.2 Å². The van der Waals surface area contributed by atoms with Crippen LogP contribution in [0.1, 0.15) is 11.1 Å². The predicted molar refractivity (Wildman–Crippen MR) is 104 cm³/mol. The molecule has 2 aromatic carbocycles. The number of halogens is 1. The van der Waals surface area contributed by atoms with E-state index in [-0.39, 0.29) is 0 Å². The first-order valence-electron chi connectivity index (χ1n) is 8.65. The minimum Gasteiger partial charge on any atom is -0.304 e. The SMILES string of the molecule is CN1CCN(Cc2cccc(Cn3nnc4ccc(Br)cc43)c2)CC1. The van der Waals surface area contributed by atoms with E-state index in [9.17, 15) is 0 Å². The summed E-state index contributed by atoms with van der Waals surface area (Å²) in [6.07, 6.45) is 0. The van der Waals surface area contributed by atoms with Gasteiger partial charge in [0, 0.05) is 37.2 Å². The summed E-state index contributed by atoms with van der Waals surface area (Å²) in [4.78, 5) is 4.92. The lowest BCUT2D eigenvalue weighted by Gasteiger charge is -2.32. The van der Waals surface area contributed by atoms with Crippen molar-refractivity contribution in [2.24, 2.45) is 0 Å². The summed E-state index contributed by atoms with van der Waals surface area (Å²) in [5, 5.41) is 8.57. The van der Waals surface area contributed by atoms with Crippen LogP contribution < -0.4 is 0 Å². The van der Waals surface area contributed by atoms with Crippen LogP contribution in [0, 0.1) is 0 Å². The lowest BCUT2D eigenvalue weighted by Crippen LogP contribution is -2.43. The zero-order chi connectivity index (χ0) is 17.2. The van der Waals surface area contributed by atoms with E-state index < -0.39 is 0 Å². The first-order valence-corrected chi connectivity index (χ1v) is 9.44. The van der Waals surface area contributed by atoms with Gasteiger partial charge in [-0.1, -0.05) is 45.4 Å². The highest BCUT2D eigenvalue weighted by Gasteiger charge is 2.14. The third kappa shape index (κ3) is 3.92. The van der Waals surface area contributed by atoms with Gasteiger partial charge in [-0.05, 0) is 36.4 Å². The molecular formula is C19H22BrN5. The average Bonchev–Trinajstić information content (AvgIpc) is 2.99. The van der Waals surface area contributed by atoms with Crippen molar-refractivity contribution >= 4 is 27.0 Å². The summed E-state index contributed by atoms with van der Waals surface area (Å²) in [7, 11) is 2.19. The lowest BCUT2D eigenvalue weighted by atomic mass is 10.1. The third-order valence-corrected chi connectivity index (χ3v) is 5.30. The Kier molecular flexibility index (Phi) is 4.83. The number of rotatable bonds is 4. The molecule has 0 spiro atoms. The minimum absolute atomic E-state index is 0.740. The Hall–Kier alpha value is -1.76. The average molecular weight is 400 g/mol. The zero-order valence-corrected chi connectivity index (χ0v) is 16.0. The molecule has 1 aliphatic rings. The molecule has 3 aromatic rings. The van der Waals surface area contributed by atoms with E-state index >= 15 is 0 Å². The molecule has 0 atom stereocenters. The van der Waals surface area contributed by atoms with Crippen LogP contribution in [-0.2, 0) is 13.1 Å². The number of aromatic nitrogens is 3. The summed E-state index contributed by atoms with van der Waals surface area (Å²) in [5.41, 5.74) is 4.61. The van der Waals surface area contributed by atoms with Gasteiger partial charge in [0.15, 0.2) is 0 Å². The first kappa shape index (κ1) is 16.7. The van der Waals surface area contributed by atoms with Crippen molar-refractivity contribution in [3.05, 3.63) is 58.1 Å². The van der Waals surface area contributed by atoms with Gasteiger partial charge in [-0.2, -0.15) is 0 Å². The third-order valence-electron chi connectivity index (χ3n) is 4.80. The fraction of sp³-hybridized carbons (Fsp3) is 0.368. The van der Waals surface area contributed by atoms with E-state index in [1.54, 1.807) is 0 Å². The maximum Gasteiger partial charge on any atom is 0.113 e. The van der Waals surface area contributed by atoms with Crippen LogP contribution in [0.15, 0.2) is 46.9 Å². The standard InChI is InChI=1S/C19H22BrN5/c1-23-7-9-24(10-8-23)13-15-3-2-4-16(11-15)14-25-19-12-17(20)5-6-18(19)21-22-25/h2-6,11-12H,7-10,13-14H2,1H3. The summed E-state index contributed by atoms with van der Waals surface area (Å²) >= 11 is 3.53. The second-order valence-electron chi connectivity index (χ2n) is 6.78. The lowest BCUT2D eigenvalue weighted by molar-refractivity contribution is 0.148. The molecule has 1 aliphatic heterocycles. The van der Waals surface area contributed by atoms with Crippen LogP contribution in [0.4, 0.5) is 0 Å². The van der Waals surface area contributed by atoms with Gasteiger partial charge in [-0.15, -0.1) is 5.10 Å². The molecule has 1 fully saturated rings. The molecule has 0 saturated carbocycles. The van der Waals surface area contributed by atoms with Crippen molar-refractivity contribution < 1.29 is 0 Å². The maximum absolute atomic E-state index is 4.32. The molecule has 1 saturated heterocycles. The molecule has 0 aliphatic carbocycles. The quantitative estimate of drug-likeness (QED) is 0.675. The Morgan fingerprint density at radius 1 is 0.960 bits per heavy atom. The molecule has 6 heteroatoms. The van der Waals surface area contributed by atoms with Crippen molar-refractivity contribution in [2.45, 2.75) is 13.1 Å². The van der Waals surface area contributed by atoms with E-state index in [0.717, 1.165) is 54.8 Å². The van der Waals surface area contributed by atoms with Crippen LogP contribution in [-0.4, -0.2) is 58.0 Å². The molecule has 0 unspecified atom stereocenters. The number of hydrogen-bond acceptors (Lipinski definition) is 4. The van der Waals surface area contributed by atoms with Crippen LogP contribution in [0.2, 0.25) is 0 Å². The molecule has 5 nitrogen and oxygen atoms in total. The van der Waals surface area contributed by atoms with Gasteiger partial charge in [0.05, 0.1) is 12.1 Å². The molecule has 0 amide bonds. The van der Waals surface area contributed by atoms with Crippen molar-refractivity contribution in [3.63, 3.8) is 0 Å². The normalized spacial score (nSPS) is 16.6. The number of likely N-dealkylation sites (N-methyl/N-ethyl adjacent to an activating group) is 1. The molecule has 1 aromatic heterocycles. The van der Waals surface area contributed by atoms with E-state index in [1.165, 1.54) is 11.1 Å². The fourth-order valence-corrected chi connectivity index (χ4v) is 3.67. The highest BCUT2D eigenvalue weighted by molar-refractivity contribution is 9.10. The van der Waals surface area contributed by atoms with Gasteiger partial charge < -0.3 is 4.90 Å². The van der Waals surface area contributed by atoms with Crippen molar-refractivity contribution in [1.82, 2.24) is 24.8 Å². The van der Waals surface area contributed by atoms with E-state index in [2.05, 4.69) is 73.4 Å². The van der Waals surface area contributed by atoms with Gasteiger partial charge >= 0.3 is 0 Å². The molecule has 25 heavy (non-hydrogen) atoms. The summed E-state index contributed by atoms with van der Waals surface area (Å²) in [6, 6.07) is 14.9. The van der Waals surface area contributed by atoms with Gasteiger partial charge in [0.1, 0.15) is 5.52 Å².